The summed E-state index contributed by atoms with van der Waals surface area (Å²) in [5.41, 5.74) is 4.70. The van der Waals surface area contributed by atoms with Gasteiger partial charge in [-0.15, -0.1) is 0 Å². The van der Waals surface area contributed by atoms with Crippen LogP contribution in [0, 0.1) is 0 Å². The van der Waals surface area contributed by atoms with E-state index in [4.69, 9.17) is 0 Å². The van der Waals surface area contributed by atoms with Gasteiger partial charge in [-0.05, 0) is 25.0 Å². The number of nitrogens with one attached hydrogen (secondary N) is 2. The molecule has 0 bridgehead atoms. The third-order valence-electron chi connectivity index (χ3n) is 4.10. The molecule has 1 aromatic heterocycles. The molecule has 2 rings (SSSR count). The van der Waals surface area contributed by atoms with Gasteiger partial charge in [0.05, 0.1) is 0 Å². The number of fused-ring (bicyclic) bond motifs is 1. The maximum Gasteiger partial charge on any atom is 0.282 e. The fourth-order valence-electron chi connectivity index (χ4n) is 2.73. The Kier molecular flexibility index (Phi) is 7.14. The zero-order valence-corrected chi connectivity index (χ0v) is 14.4. The van der Waals surface area contributed by atoms with Crippen molar-refractivity contribution in [2.24, 2.45) is 0 Å². The summed E-state index contributed by atoms with van der Waals surface area (Å²) in [6.07, 6.45) is 7.03. The van der Waals surface area contributed by atoms with E-state index in [1.165, 1.54) is 25.7 Å². The van der Waals surface area contributed by atoms with Crippen LogP contribution in [0.3, 0.4) is 0 Å². The Morgan fingerprint density at radius 2 is 1.70 bits per heavy atom. The minimum absolute atomic E-state index is 0.0470. The number of aromatic nitrogens is 1. The van der Waals surface area contributed by atoms with Crippen molar-refractivity contribution in [2.45, 2.75) is 52.4 Å². The molecule has 0 spiro atoms. The highest BCUT2D eigenvalue weighted by molar-refractivity contribution is 5.97. The first kappa shape index (κ1) is 17.5. The summed E-state index contributed by atoms with van der Waals surface area (Å²) in [6, 6.07) is 9.89. The highest BCUT2D eigenvalue weighted by Gasteiger charge is 2.13. The minimum Gasteiger partial charge on any atom is -0.350 e. The van der Waals surface area contributed by atoms with E-state index in [2.05, 4.69) is 29.3 Å². The van der Waals surface area contributed by atoms with E-state index in [0.717, 1.165) is 36.8 Å². The summed E-state index contributed by atoms with van der Waals surface area (Å²) in [7, 11) is 0. The predicted octanol–water partition coefficient (Wildman–Crippen LogP) is 4.50. The molecule has 0 aliphatic rings. The SMILES string of the molecule is CCCCCN(CCCCC)NC(=O)c1cc2ccccc2[nH]1. The molecule has 0 saturated carbocycles. The van der Waals surface area contributed by atoms with Crippen molar-refractivity contribution in [3.63, 3.8) is 0 Å². The van der Waals surface area contributed by atoms with Crippen molar-refractivity contribution < 1.29 is 4.79 Å². The average molecular weight is 315 g/mol. The molecule has 2 N–H and O–H groups in total. The molecule has 0 aliphatic heterocycles. The summed E-state index contributed by atoms with van der Waals surface area (Å²) in [5.74, 6) is -0.0470. The van der Waals surface area contributed by atoms with Gasteiger partial charge in [0.25, 0.3) is 5.91 Å². The molecule has 4 heteroatoms. The smallest absolute Gasteiger partial charge is 0.282 e. The molecule has 1 amide bonds. The summed E-state index contributed by atoms with van der Waals surface area (Å²) < 4.78 is 0. The van der Waals surface area contributed by atoms with Gasteiger partial charge in [0, 0.05) is 24.0 Å². The first-order chi connectivity index (χ1) is 11.2. The number of unbranched alkanes of at least 4 members (excludes halogenated alkanes) is 4. The van der Waals surface area contributed by atoms with Crippen LogP contribution >= 0.6 is 0 Å². The Morgan fingerprint density at radius 1 is 1.04 bits per heavy atom. The number of rotatable bonds is 10. The number of nitrogens with zero attached hydrogens (tertiary/aromatic N) is 1. The monoisotopic (exact) mass is 315 g/mol. The Hall–Kier alpha value is -1.81. The molecule has 2 aromatic rings. The van der Waals surface area contributed by atoms with E-state index in [1.807, 2.05) is 30.3 Å². The second kappa shape index (κ2) is 9.36. The average Bonchev–Trinajstić information content (AvgIpc) is 2.99. The van der Waals surface area contributed by atoms with Crippen molar-refractivity contribution in [1.82, 2.24) is 15.4 Å². The Balaban J connectivity index is 1.96. The molecular weight excluding hydrogens is 286 g/mol. The van der Waals surface area contributed by atoms with E-state index in [1.54, 1.807) is 0 Å². The lowest BCUT2D eigenvalue weighted by Crippen LogP contribution is -2.43. The third kappa shape index (κ3) is 5.39. The molecular formula is C19H29N3O. The number of carbonyl (C=O) groups excluding carboxylic acids is 1. The van der Waals surface area contributed by atoms with E-state index in [9.17, 15) is 4.79 Å². The number of amides is 1. The number of hydrazine groups is 1. The highest BCUT2D eigenvalue weighted by Crippen LogP contribution is 2.14. The summed E-state index contributed by atoms with van der Waals surface area (Å²) >= 11 is 0. The largest absolute Gasteiger partial charge is 0.350 e. The van der Waals surface area contributed by atoms with E-state index < -0.39 is 0 Å². The van der Waals surface area contributed by atoms with Crippen LogP contribution in [-0.4, -0.2) is 29.0 Å². The fraction of sp³-hybridized carbons (Fsp3) is 0.526. The molecule has 1 aromatic carbocycles. The quantitative estimate of drug-likeness (QED) is 0.501. The van der Waals surface area contributed by atoms with Gasteiger partial charge in [-0.25, -0.2) is 5.01 Å². The van der Waals surface area contributed by atoms with Crippen LogP contribution in [0.15, 0.2) is 30.3 Å². The number of aromatic amines is 1. The Labute approximate surface area is 139 Å². The molecule has 0 fully saturated rings. The van der Waals surface area contributed by atoms with Gasteiger partial charge in [-0.1, -0.05) is 57.7 Å². The van der Waals surface area contributed by atoms with Crippen molar-refractivity contribution in [1.29, 1.82) is 0 Å². The van der Waals surface area contributed by atoms with Gasteiger partial charge in [-0.3, -0.25) is 10.2 Å². The van der Waals surface area contributed by atoms with Gasteiger partial charge in [0.1, 0.15) is 5.69 Å². The van der Waals surface area contributed by atoms with Crippen LogP contribution in [0.2, 0.25) is 0 Å². The predicted molar refractivity (Wildman–Crippen MR) is 96.4 cm³/mol. The van der Waals surface area contributed by atoms with Crippen molar-refractivity contribution in [2.75, 3.05) is 13.1 Å². The number of H-pyrrole nitrogens is 1. The van der Waals surface area contributed by atoms with Gasteiger partial charge in [-0.2, -0.15) is 0 Å². The third-order valence-corrected chi connectivity index (χ3v) is 4.10. The standard InChI is InChI=1S/C19H29N3O/c1-3-5-9-13-22(14-10-6-4-2)21-19(23)18-15-16-11-7-8-12-17(16)20-18/h7-8,11-12,15,20H,3-6,9-10,13-14H2,1-2H3,(H,21,23). The lowest BCUT2D eigenvalue weighted by atomic mass is 10.2. The molecule has 1 heterocycles. The zero-order valence-electron chi connectivity index (χ0n) is 14.4. The lowest BCUT2D eigenvalue weighted by Gasteiger charge is -2.22. The molecule has 4 nitrogen and oxygen atoms in total. The van der Waals surface area contributed by atoms with Crippen LogP contribution in [0.4, 0.5) is 0 Å². The fourth-order valence-corrected chi connectivity index (χ4v) is 2.73. The number of hydrogen-bond donors (Lipinski definition) is 2. The van der Waals surface area contributed by atoms with Crippen molar-refractivity contribution in [3.8, 4) is 0 Å². The van der Waals surface area contributed by atoms with Crippen LogP contribution in [-0.2, 0) is 0 Å². The molecule has 0 unspecified atom stereocenters. The lowest BCUT2D eigenvalue weighted by molar-refractivity contribution is 0.0776. The number of para-hydroxylation sites is 1. The van der Waals surface area contributed by atoms with E-state index in [0.29, 0.717) is 5.69 Å². The number of carbonyl (C=O) groups is 1. The first-order valence-corrected chi connectivity index (χ1v) is 8.88. The Morgan fingerprint density at radius 3 is 2.30 bits per heavy atom. The van der Waals surface area contributed by atoms with Crippen molar-refractivity contribution in [3.05, 3.63) is 36.0 Å². The normalized spacial score (nSPS) is 11.3. The zero-order chi connectivity index (χ0) is 16.5. The number of hydrogen-bond acceptors (Lipinski definition) is 2. The van der Waals surface area contributed by atoms with Gasteiger partial charge in [0.2, 0.25) is 0 Å². The summed E-state index contributed by atoms with van der Waals surface area (Å²) in [4.78, 5) is 15.7. The molecule has 0 atom stereocenters. The number of benzene rings is 1. The summed E-state index contributed by atoms with van der Waals surface area (Å²) in [5, 5.41) is 3.15. The maximum atomic E-state index is 12.5. The molecule has 0 aliphatic carbocycles. The van der Waals surface area contributed by atoms with Gasteiger partial charge < -0.3 is 4.98 Å². The van der Waals surface area contributed by atoms with Crippen molar-refractivity contribution >= 4 is 16.8 Å². The van der Waals surface area contributed by atoms with Crippen LogP contribution in [0.1, 0.15) is 62.9 Å². The highest BCUT2D eigenvalue weighted by atomic mass is 16.2. The second-order valence-electron chi connectivity index (χ2n) is 6.11. The Bertz CT molecular complexity index is 562. The van der Waals surface area contributed by atoms with Crippen LogP contribution in [0.25, 0.3) is 10.9 Å². The van der Waals surface area contributed by atoms with Crippen LogP contribution in [0.5, 0.6) is 0 Å². The topological polar surface area (TPSA) is 48.1 Å². The van der Waals surface area contributed by atoms with Crippen LogP contribution < -0.4 is 5.43 Å². The second-order valence-corrected chi connectivity index (χ2v) is 6.11. The van der Waals surface area contributed by atoms with E-state index in [-0.39, 0.29) is 5.91 Å². The van der Waals surface area contributed by atoms with Gasteiger partial charge in [0.15, 0.2) is 0 Å². The minimum atomic E-state index is -0.0470. The maximum absolute atomic E-state index is 12.5. The molecule has 126 valence electrons. The van der Waals surface area contributed by atoms with Gasteiger partial charge >= 0.3 is 0 Å². The summed E-state index contributed by atoms with van der Waals surface area (Å²) in [6.45, 7) is 6.24. The first-order valence-electron chi connectivity index (χ1n) is 8.88. The van der Waals surface area contributed by atoms with E-state index >= 15 is 0 Å². The molecule has 23 heavy (non-hydrogen) atoms. The molecule has 0 radical (unpaired) electrons. The molecule has 0 saturated heterocycles.